The Morgan fingerprint density at radius 3 is 2.57 bits per heavy atom. The number of nitrogens with zero attached hydrogens (tertiary/aromatic N) is 5. The van der Waals surface area contributed by atoms with Gasteiger partial charge in [-0.05, 0) is 66.4 Å². The number of carbonyl (C=O) groups is 2. The van der Waals surface area contributed by atoms with E-state index < -0.39 is 12.4 Å². The first-order chi connectivity index (χ1) is 20.0. The van der Waals surface area contributed by atoms with Gasteiger partial charge < -0.3 is 10.1 Å². The van der Waals surface area contributed by atoms with Crippen LogP contribution in [0.4, 0.5) is 29.3 Å². The quantitative estimate of drug-likeness (QED) is 0.260. The molecule has 0 spiro atoms. The van der Waals surface area contributed by atoms with E-state index in [1.165, 1.54) is 45.9 Å². The van der Waals surface area contributed by atoms with Crippen molar-refractivity contribution in [2.45, 2.75) is 33.1 Å². The molecule has 1 fully saturated rings. The van der Waals surface area contributed by atoms with E-state index in [0.717, 1.165) is 16.8 Å². The molecule has 5 rings (SSSR count). The lowest BCUT2D eigenvalue weighted by Gasteiger charge is -2.22. The number of aryl methyl sites for hydroxylation is 1. The van der Waals surface area contributed by atoms with E-state index in [1.807, 2.05) is 39.0 Å². The van der Waals surface area contributed by atoms with Gasteiger partial charge >= 0.3 is 12.4 Å². The van der Waals surface area contributed by atoms with E-state index in [2.05, 4.69) is 25.1 Å². The van der Waals surface area contributed by atoms with Crippen LogP contribution in [0.1, 0.15) is 30.9 Å². The first-order valence-corrected chi connectivity index (χ1v) is 13.8. The first kappa shape index (κ1) is 28.9. The molecule has 0 aliphatic carbocycles. The van der Waals surface area contributed by atoms with E-state index in [4.69, 9.17) is 0 Å². The van der Waals surface area contributed by atoms with Gasteiger partial charge in [0.15, 0.2) is 11.0 Å². The minimum Gasteiger partial charge on any atom is -0.406 e. The summed E-state index contributed by atoms with van der Waals surface area (Å²) < 4.78 is 43.0. The monoisotopic (exact) mass is 594 g/mol. The number of thioether (sulfide) groups is 1. The Labute approximate surface area is 243 Å². The highest BCUT2D eigenvalue weighted by Gasteiger charge is 2.33. The molecule has 42 heavy (non-hydrogen) atoms. The van der Waals surface area contributed by atoms with Crippen LogP contribution in [0.2, 0.25) is 0 Å². The second kappa shape index (κ2) is 11.7. The number of aliphatic imine (C=N–C) groups is 1. The minimum atomic E-state index is -4.81. The van der Waals surface area contributed by atoms with E-state index >= 15 is 0 Å². The lowest BCUT2D eigenvalue weighted by Crippen LogP contribution is -2.31. The highest BCUT2D eigenvalue weighted by molar-refractivity contribution is 8.15. The average Bonchev–Trinajstić information content (AvgIpc) is 3.55. The van der Waals surface area contributed by atoms with Crippen molar-refractivity contribution in [2.75, 3.05) is 16.0 Å². The van der Waals surface area contributed by atoms with Crippen molar-refractivity contribution in [3.63, 3.8) is 0 Å². The lowest BCUT2D eigenvalue weighted by atomic mass is 9.99. The van der Waals surface area contributed by atoms with E-state index in [-0.39, 0.29) is 23.3 Å². The number of rotatable bonds is 6. The molecule has 0 atom stereocenters. The van der Waals surface area contributed by atoms with Gasteiger partial charge in [0.1, 0.15) is 12.1 Å². The summed E-state index contributed by atoms with van der Waals surface area (Å²) in [7, 11) is 0. The first-order valence-electron chi connectivity index (χ1n) is 12.8. The number of anilines is 2. The summed E-state index contributed by atoms with van der Waals surface area (Å²) in [6.45, 7) is 6.03. The zero-order chi connectivity index (χ0) is 30.0. The summed E-state index contributed by atoms with van der Waals surface area (Å²) in [4.78, 5) is 35.5. The van der Waals surface area contributed by atoms with Gasteiger partial charge in [0.2, 0.25) is 5.91 Å². The largest absolute Gasteiger partial charge is 0.573 e. The van der Waals surface area contributed by atoms with Crippen LogP contribution in [0.3, 0.4) is 0 Å². The molecule has 216 valence electrons. The molecule has 1 N–H and O–H groups in total. The molecule has 3 aromatic carbocycles. The van der Waals surface area contributed by atoms with Crippen molar-refractivity contribution < 1.29 is 27.5 Å². The fourth-order valence-corrected chi connectivity index (χ4v) is 5.16. The van der Waals surface area contributed by atoms with Gasteiger partial charge in [-0.25, -0.2) is 14.5 Å². The van der Waals surface area contributed by atoms with Crippen LogP contribution in [0.25, 0.3) is 17.1 Å². The number of nitrogens with one attached hydrogen (secondary N) is 1. The predicted molar refractivity (Wildman–Crippen MR) is 155 cm³/mol. The number of hydrogen-bond donors (Lipinski definition) is 1. The summed E-state index contributed by atoms with van der Waals surface area (Å²) in [5.41, 5.74) is 4.11. The summed E-state index contributed by atoms with van der Waals surface area (Å²) >= 11 is 1.21. The zero-order valence-electron chi connectivity index (χ0n) is 22.7. The van der Waals surface area contributed by atoms with E-state index in [1.54, 1.807) is 30.3 Å². The molecule has 1 aromatic heterocycles. The maximum Gasteiger partial charge on any atom is 0.573 e. The third-order valence-corrected chi connectivity index (χ3v) is 7.14. The Hall–Kier alpha value is -4.65. The Morgan fingerprint density at radius 1 is 1.10 bits per heavy atom. The second-order valence-electron chi connectivity index (χ2n) is 9.69. The lowest BCUT2D eigenvalue weighted by molar-refractivity contribution is -0.274. The molecule has 4 aromatic rings. The Balaban J connectivity index is 1.29. The smallest absolute Gasteiger partial charge is 0.406 e. The molecular formula is C29H25F3N6O3S. The molecule has 3 amide bonds. The van der Waals surface area contributed by atoms with Gasteiger partial charge in [0, 0.05) is 17.3 Å². The molecule has 0 saturated carbocycles. The van der Waals surface area contributed by atoms with Crippen LogP contribution in [-0.2, 0) is 4.79 Å². The predicted octanol–water partition coefficient (Wildman–Crippen LogP) is 6.93. The number of alkyl halides is 3. The van der Waals surface area contributed by atoms with Crippen molar-refractivity contribution >= 4 is 40.2 Å². The number of benzene rings is 3. The topological polar surface area (TPSA) is 102 Å². The van der Waals surface area contributed by atoms with Crippen molar-refractivity contribution in [1.82, 2.24) is 14.8 Å². The summed E-state index contributed by atoms with van der Waals surface area (Å²) in [6.07, 6.45) is -3.43. The van der Waals surface area contributed by atoms with Crippen LogP contribution in [0.15, 0.2) is 78.0 Å². The molecule has 1 saturated heterocycles. The van der Waals surface area contributed by atoms with Crippen molar-refractivity contribution in [2.24, 2.45) is 4.99 Å². The summed E-state index contributed by atoms with van der Waals surface area (Å²) in [6, 6.07) is 17.3. The number of amides is 3. The number of halogens is 3. The second-order valence-corrected chi connectivity index (χ2v) is 10.6. The van der Waals surface area contributed by atoms with E-state index in [9.17, 15) is 22.8 Å². The fraction of sp³-hybridized carbons (Fsp3) is 0.207. The van der Waals surface area contributed by atoms with Crippen molar-refractivity contribution in [1.29, 1.82) is 0 Å². The number of amidine groups is 1. The summed E-state index contributed by atoms with van der Waals surface area (Å²) in [5, 5.41) is 7.35. The third kappa shape index (κ3) is 6.62. The molecular weight excluding hydrogens is 569 g/mol. The van der Waals surface area contributed by atoms with Gasteiger partial charge in [-0.1, -0.05) is 43.8 Å². The number of ether oxygens (including phenoxy) is 1. The molecule has 0 radical (unpaired) electrons. The fourth-order valence-electron chi connectivity index (χ4n) is 4.30. The van der Waals surface area contributed by atoms with Gasteiger partial charge in [-0.2, -0.15) is 4.99 Å². The van der Waals surface area contributed by atoms with Crippen molar-refractivity contribution in [3.8, 4) is 22.8 Å². The SMILES string of the molecule is Cc1ccc(C(C)C)c(N2C(=O)CSC2=NC(=O)Nc2ccc(-c3ncn(-c4cccc(OC(F)(F)F)c4)n3)cc2)c1. The minimum absolute atomic E-state index is 0.144. The highest BCUT2D eigenvalue weighted by Crippen LogP contribution is 2.34. The number of carbonyl (C=O) groups excluding carboxylic acids is 2. The standard InChI is InChI=1S/C29H25F3N6O3S/c1-17(2)23-12-7-18(3)13-24(23)38-25(39)15-42-28(38)35-27(40)34-20-10-8-19(9-11-20)26-33-16-37(36-26)21-5-4-6-22(14-21)41-29(30,31)32/h4-14,16-17H,15H2,1-3H3,(H,34,40). The van der Waals surface area contributed by atoms with Gasteiger partial charge in [-0.15, -0.1) is 18.3 Å². The Kier molecular flexibility index (Phi) is 8.03. The summed E-state index contributed by atoms with van der Waals surface area (Å²) in [5.74, 6) is 0.164. The molecule has 1 aliphatic rings. The molecule has 1 aliphatic heterocycles. The van der Waals surface area contributed by atoms with Gasteiger partial charge in [0.25, 0.3) is 0 Å². The zero-order valence-corrected chi connectivity index (χ0v) is 23.5. The average molecular weight is 595 g/mol. The van der Waals surface area contributed by atoms with Crippen LogP contribution in [-0.4, -0.2) is 44.0 Å². The van der Waals surface area contributed by atoms with Crippen molar-refractivity contribution in [3.05, 3.63) is 84.2 Å². The normalized spacial score (nSPS) is 14.6. The third-order valence-electron chi connectivity index (χ3n) is 6.21. The maximum atomic E-state index is 12.8. The van der Waals surface area contributed by atoms with E-state index in [0.29, 0.717) is 27.9 Å². The molecule has 0 bridgehead atoms. The number of hydrogen-bond acceptors (Lipinski definition) is 6. The van der Waals surface area contributed by atoms with Crippen LogP contribution >= 0.6 is 11.8 Å². The molecule has 9 nitrogen and oxygen atoms in total. The van der Waals surface area contributed by atoms with Gasteiger partial charge in [0.05, 0.1) is 17.1 Å². The maximum absolute atomic E-state index is 12.8. The van der Waals surface area contributed by atoms with Crippen LogP contribution in [0.5, 0.6) is 5.75 Å². The van der Waals surface area contributed by atoms with Gasteiger partial charge in [-0.3, -0.25) is 9.69 Å². The highest BCUT2D eigenvalue weighted by atomic mass is 32.2. The molecule has 0 unspecified atom stereocenters. The molecule has 2 heterocycles. The van der Waals surface area contributed by atoms with Crippen LogP contribution in [0, 0.1) is 6.92 Å². The number of aromatic nitrogens is 3. The Morgan fingerprint density at radius 2 is 1.86 bits per heavy atom. The molecule has 13 heteroatoms. The Bertz CT molecular complexity index is 1670. The number of urea groups is 1. The van der Waals surface area contributed by atoms with Crippen LogP contribution < -0.4 is 15.0 Å².